The van der Waals surface area contributed by atoms with Crippen molar-refractivity contribution in [1.29, 1.82) is 0 Å². The Balaban J connectivity index is 0.000000342. The maximum Gasteiger partial charge on any atom is 0.252 e. The van der Waals surface area contributed by atoms with E-state index < -0.39 is 5.82 Å². The Morgan fingerprint density at radius 3 is 2.30 bits per heavy atom. The molecule has 2 heterocycles. The van der Waals surface area contributed by atoms with Crippen molar-refractivity contribution < 1.29 is 18.4 Å². The molecule has 3 aromatic rings. The monoisotopic (exact) mass is 507 g/mol. The number of nitrogens with one attached hydrogen (secondary N) is 2. The average Bonchev–Trinajstić information content (AvgIpc) is 3.54. The molecule has 1 saturated heterocycles. The summed E-state index contributed by atoms with van der Waals surface area (Å²) in [6.45, 7) is 4.05. The molecular weight excluding hydrogens is 476 g/mol. The largest absolute Gasteiger partial charge is 0.399 e. The number of nitrogens with two attached hydrogens (primary N) is 2. The molecule has 2 amide bonds. The van der Waals surface area contributed by atoms with Crippen LogP contribution in [0, 0.1) is 11.6 Å². The van der Waals surface area contributed by atoms with Crippen molar-refractivity contribution in [2.45, 2.75) is 25.8 Å². The first-order valence-electron chi connectivity index (χ1n) is 12.3. The first kappa shape index (κ1) is 26.1. The summed E-state index contributed by atoms with van der Waals surface area (Å²) in [5.74, 6) is -1.28. The molecule has 0 spiro atoms. The van der Waals surface area contributed by atoms with E-state index in [1.807, 2.05) is 0 Å². The number of rotatable bonds is 6. The molecule has 0 atom stereocenters. The van der Waals surface area contributed by atoms with Crippen molar-refractivity contribution in [3.05, 3.63) is 82.9 Å². The Kier molecular flexibility index (Phi) is 8.35. The van der Waals surface area contributed by atoms with Crippen LogP contribution in [0.2, 0.25) is 0 Å². The Morgan fingerprint density at radius 2 is 1.62 bits per heavy atom. The lowest BCUT2D eigenvalue weighted by Gasteiger charge is -2.15. The summed E-state index contributed by atoms with van der Waals surface area (Å²) in [6, 6.07) is 13.5. The fourth-order valence-electron chi connectivity index (χ4n) is 4.61. The summed E-state index contributed by atoms with van der Waals surface area (Å²) in [4.78, 5) is 27.5. The number of carbonyl (C=O) groups excluding carboxylic acids is 2. The SMILES string of the molecule is Nc1ccc(-c2ccc(C(=O)NCCCN3CCCC3)c3c2CNC3=O)c(F)c1.Nc1ccc(F)cc1. The number of halogens is 2. The van der Waals surface area contributed by atoms with Gasteiger partial charge in [-0.1, -0.05) is 6.07 Å². The van der Waals surface area contributed by atoms with E-state index in [-0.39, 0.29) is 24.2 Å². The summed E-state index contributed by atoms with van der Waals surface area (Å²) in [5.41, 5.74) is 14.1. The number of carbonyl (C=O) groups is 2. The van der Waals surface area contributed by atoms with Crippen LogP contribution in [0.15, 0.2) is 54.6 Å². The lowest BCUT2D eigenvalue weighted by molar-refractivity contribution is 0.0926. The van der Waals surface area contributed by atoms with E-state index >= 15 is 0 Å². The van der Waals surface area contributed by atoms with Crippen molar-refractivity contribution in [2.24, 2.45) is 0 Å². The van der Waals surface area contributed by atoms with Gasteiger partial charge in [0.15, 0.2) is 0 Å². The third-order valence-electron chi connectivity index (χ3n) is 6.50. The topological polar surface area (TPSA) is 113 Å². The molecule has 0 radical (unpaired) electrons. The van der Waals surface area contributed by atoms with Crippen molar-refractivity contribution in [1.82, 2.24) is 15.5 Å². The van der Waals surface area contributed by atoms with E-state index in [4.69, 9.17) is 11.5 Å². The minimum Gasteiger partial charge on any atom is -0.399 e. The van der Waals surface area contributed by atoms with Crippen molar-refractivity contribution in [3.8, 4) is 11.1 Å². The highest BCUT2D eigenvalue weighted by Gasteiger charge is 2.29. The van der Waals surface area contributed by atoms with Crippen LogP contribution in [0.4, 0.5) is 20.2 Å². The van der Waals surface area contributed by atoms with E-state index in [0.717, 1.165) is 26.1 Å². The molecule has 2 aliphatic rings. The van der Waals surface area contributed by atoms with Gasteiger partial charge in [0.25, 0.3) is 11.8 Å². The third kappa shape index (κ3) is 6.42. The number of hydrogen-bond donors (Lipinski definition) is 4. The fraction of sp³-hybridized carbons (Fsp3) is 0.286. The minimum atomic E-state index is -0.453. The summed E-state index contributed by atoms with van der Waals surface area (Å²) in [5, 5.41) is 5.67. The standard InChI is InChI=1S/C22H25FN4O2.C6H6FN/c23-19-12-14(24)4-5-16(19)15-6-7-17(20-18(15)13-26-22(20)29)21(28)25-8-3-11-27-9-1-2-10-27;7-5-1-3-6(8)4-2-5/h4-7,12H,1-3,8-11,13,24H2,(H,25,28)(H,26,29);1-4H,8H2. The predicted molar refractivity (Wildman–Crippen MR) is 141 cm³/mol. The Labute approximate surface area is 214 Å². The number of amides is 2. The number of nitrogen functional groups attached to an aromatic ring is 2. The zero-order valence-electron chi connectivity index (χ0n) is 20.5. The highest BCUT2D eigenvalue weighted by atomic mass is 19.1. The van der Waals surface area contributed by atoms with E-state index in [1.54, 1.807) is 24.3 Å². The van der Waals surface area contributed by atoms with E-state index in [2.05, 4.69) is 15.5 Å². The van der Waals surface area contributed by atoms with Gasteiger partial charge in [-0.25, -0.2) is 8.78 Å². The number of anilines is 2. The molecule has 6 N–H and O–H groups in total. The molecule has 0 saturated carbocycles. The molecule has 3 aromatic carbocycles. The molecular formula is C28H31F2N5O2. The highest BCUT2D eigenvalue weighted by molar-refractivity contribution is 6.11. The van der Waals surface area contributed by atoms with Crippen LogP contribution in [0.3, 0.4) is 0 Å². The van der Waals surface area contributed by atoms with Gasteiger partial charge in [0.05, 0.1) is 11.1 Å². The van der Waals surface area contributed by atoms with Crippen molar-refractivity contribution in [3.63, 3.8) is 0 Å². The molecule has 0 aliphatic carbocycles. The molecule has 194 valence electrons. The van der Waals surface area contributed by atoms with Crippen molar-refractivity contribution >= 4 is 23.2 Å². The zero-order chi connectivity index (χ0) is 26.4. The molecule has 37 heavy (non-hydrogen) atoms. The van der Waals surface area contributed by atoms with Gasteiger partial charge >= 0.3 is 0 Å². The van der Waals surface area contributed by atoms with Gasteiger partial charge in [-0.15, -0.1) is 0 Å². The second-order valence-electron chi connectivity index (χ2n) is 9.15. The van der Waals surface area contributed by atoms with Gasteiger partial charge in [0.2, 0.25) is 0 Å². The zero-order valence-corrected chi connectivity index (χ0v) is 20.5. The minimum absolute atomic E-state index is 0.251. The Hall–Kier alpha value is -3.98. The first-order chi connectivity index (χ1) is 17.8. The van der Waals surface area contributed by atoms with Gasteiger partial charge in [-0.05, 0) is 98.6 Å². The number of fused-ring (bicyclic) bond motifs is 1. The third-order valence-corrected chi connectivity index (χ3v) is 6.50. The average molecular weight is 508 g/mol. The molecule has 1 fully saturated rings. The quantitative estimate of drug-likeness (QED) is 0.298. The number of likely N-dealkylation sites (tertiary alicyclic amines) is 1. The molecule has 0 aromatic heterocycles. The maximum atomic E-state index is 14.4. The van der Waals surface area contributed by atoms with Crippen LogP contribution in [-0.2, 0) is 6.54 Å². The van der Waals surface area contributed by atoms with Gasteiger partial charge in [-0.3, -0.25) is 9.59 Å². The molecule has 7 nitrogen and oxygen atoms in total. The lowest BCUT2D eigenvalue weighted by Crippen LogP contribution is -2.30. The summed E-state index contributed by atoms with van der Waals surface area (Å²) in [6.07, 6.45) is 3.36. The van der Waals surface area contributed by atoms with Gasteiger partial charge in [0, 0.05) is 30.0 Å². The highest BCUT2D eigenvalue weighted by Crippen LogP contribution is 2.33. The molecule has 2 aliphatic heterocycles. The number of benzene rings is 3. The van der Waals surface area contributed by atoms with Gasteiger partial charge < -0.3 is 27.0 Å². The lowest BCUT2D eigenvalue weighted by atomic mass is 9.92. The van der Waals surface area contributed by atoms with Crippen LogP contribution in [0.25, 0.3) is 11.1 Å². The van der Waals surface area contributed by atoms with E-state index in [9.17, 15) is 18.4 Å². The van der Waals surface area contributed by atoms with Crippen molar-refractivity contribution in [2.75, 3.05) is 37.6 Å². The normalized spacial score (nSPS) is 14.5. The van der Waals surface area contributed by atoms with Crippen LogP contribution in [0.1, 0.15) is 45.5 Å². The second kappa shape index (κ2) is 11.8. The molecule has 0 bridgehead atoms. The molecule has 0 unspecified atom stereocenters. The van der Waals surface area contributed by atoms with Gasteiger partial charge in [0.1, 0.15) is 11.6 Å². The summed E-state index contributed by atoms with van der Waals surface area (Å²) < 4.78 is 26.5. The van der Waals surface area contributed by atoms with Crippen LogP contribution in [0.5, 0.6) is 0 Å². The summed E-state index contributed by atoms with van der Waals surface area (Å²) in [7, 11) is 0. The number of hydrogen-bond acceptors (Lipinski definition) is 5. The van der Waals surface area contributed by atoms with Gasteiger partial charge in [-0.2, -0.15) is 0 Å². The van der Waals surface area contributed by atoms with E-state index in [0.29, 0.717) is 45.7 Å². The second-order valence-corrected chi connectivity index (χ2v) is 9.15. The van der Waals surface area contributed by atoms with E-state index in [1.165, 1.54) is 43.2 Å². The smallest absolute Gasteiger partial charge is 0.252 e. The fourth-order valence-corrected chi connectivity index (χ4v) is 4.61. The van der Waals surface area contributed by atoms with Crippen LogP contribution >= 0.6 is 0 Å². The van der Waals surface area contributed by atoms with Crippen LogP contribution < -0.4 is 22.1 Å². The predicted octanol–water partition coefficient (Wildman–Crippen LogP) is 3.94. The summed E-state index contributed by atoms with van der Waals surface area (Å²) >= 11 is 0. The number of nitrogens with zero attached hydrogens (tertiary/aromatic N) is 1. The Morgan fingerprint density at radius 1 is 0.946 bits per heavy atom. The Bertz CT molecular complexity index is 1250. The molecule has 5 rings (SSSR count). The maximum absolute atomic E-state index is 14.4. The molecule has 9 heteroatoms. The first-order valence-corrected chi connectivity index (χ1v) is 12.3. The van der Waals surface area contributed by atoms with Crippen LogP contribution in [-0.4, -0.2) is 42.9 Å².